The maximum Gasteiger partial charge on any atom is 0.237 e. The van der Waals surface area contributed by atoms with E-state index in [1.165, 1.54) is 5.56 Å². The van der Waals surface area contributed by atoms with Crippen LogP contribution in [0, 0.1) is 6.92 Å². The molecule has 0 aliphatic rings. The number of imidazole rings is 2. The van der Waals surface area contributed by atoms with Crippen molar-refractivity contribution in [3.8, 4) is 5.95 Å². The number of para-hydroxylation sites is 2. The molecule has 0 aliphatic heterocycles. The van der Waals surface area contributed by atoms with Gasteiger partial charge >= 0.3 is 0 Å². The minimum absolute atomic E-state index is 0.598. The van der Waals surface area contributed by atoms with Crippen LogP contribution in [-0.2, 0) is 6.54 Å². The van der Waals surface area contributed by atoms with E-state index in [4.69, 9.17) is 4.98 Å². The Bertz CT molecular complexity index is 1220. The summed E-state index contributed by atoms with van der Waals surface area (Å²) in [5.41, 5.74) is 4.74. The molecule has 2 aromatic carbocycles. The molecule has 0 radical (unpaired) electrons. The summed E-state index contributed by atoms with van der Waals surface area (Å²) in [6.07, 6.45) is 3.54. The predicted octanol–water partition coefficient (Wildman–Crippen LogP) is 3.52. The van der Waals surface area contributed by atoms with E-state index in [9.17, 15) is 0 Å². The standard InChI is InChI=1S/C20H16N6/c1-14-23-17-11-21-20(26-13-22-16-9-5-6-10-18(16)26)24-19(17)25(14)12-15-7-3-2-4-8-15/h2-11,13H,12H2,1H3. The van der Waals surface area contributed by atoms with E-state index in [-0.39, 0.29) is 0 Å². The predicted molar refractivity (Wildman–Crippen MR) is 100 cm³/mol. The molecule has 126 valence electrons. The van der Waals surface area contributed by atoms with Crippen molar-refractivity contribution in [2.75, 3.05) is 0 Å². The highest BCUT2D eigenvalue weighted by Crippen LogP contribution is 2.19. The smallest absolute Gasteiger partial charge is 0.237 e. The number of aryl methyl sites for hydroxylation is 1. The molecule has 6 nitrogen and oxygen atoms in total. The Kier molecular flexibility index (Phi) is 3.28. The first-order valence-corrected chi connectivity index (χ1v) is 8.46. The van der Waals surface area contributed by atoms with E-state index < -0.39 is 0 Å². The molecule has 0 spiro atoms. The van der Waals surface area contributed by atoms with Crippen LogP contribution < -0.4 is 0 Å². The average molecular weight is 340 g/mol. The Morgan fingerprint density at radius 2 is 1.65 bits per heavy atom. The highest BCUT2D eigenvalue weighted by molar-refractivity contribution is 5.77. The van der Waals surface area contributed by atoms with E-state index in [0.29, 0.717) is 5.95 Å². The van der Waals surface area contributed by atoms with Gasteiger partial charge < -0.3 is 4.57 Å². The van der Waals surface area contributed by atoms with Crippen molar-refractivity contribution in [2.24, 2.45) is 0 Å². The van der Waals surface area contributed by atoms with Crippen molar-refractivity contribution in [1.82, 2.24) is 29.1 Å². The van der Waals surface area contributed by atoms with E-state index in [0.717, 1.165) is 34.6 Å². The van der Waals surface area contributed by atoms with Crippen molar-refractivity contribution in [1.29, 1.82) is 0 Å². The zero-order valence-corrected chi connectivity index (χ0v) is 14.2. The van der Waals surface area contributed by atoms with E-state index in [1.807, 2.05) is 54.0 Å². The number of benzene rings is 2. The minimum Gasteiger partial charge on any atom is -0.308 e. The molecule has 3 aromatic heterocycles. The van der Waals surface area contributed by atoms with Crippen LogP contribution in [0.2, 0.25) is 0 Å². The van der Waals surface area contributed by atoms with Crippen LogP contribution in [0.15, 0.2) is 67.1 Å². The third-order valence-electron chi connectivity index (χ3n) is 4.52. The molecule has 0 N–H and O–H groups in total. The van der Waals surface area contributed by atoms with Crippen LogP contribution in [0.4, 0.5) is 0 Å². The molecule has 26 heavy (non-hydrogen) atoms. The van der Waals surface area contributed by atoms with Gasteiger partial charge in [-0.3, -0.25) is 4.57 Å². The summed E-state index contributed by atoms with van der Waals surface area (Å²) < 4.78 is 4.03. The molecule has 0 unspecified atom stereocenters. The Morgan fingerprint density at radius 3 is 2.54 bits per heavy atom. The molecule has 0 saturated heterocycles. The fourth-order valence-electron chi connectivity index (χ4n) is 3.21. The summed E-state index contributed by atoms with van der Waals surface area (Å²) in [7, 11) is 0. The summed E-state index contributed by atoms with van der Waals surface area (Å²) in [4.78, 5) is 18.3. The highest BCUT2D eigenvalue weighted by atomic mass is 15.2. The zero-order valence-electron chi connectivity index (χ0n) is 14.2. The Labute approximate surface area is 149 Å². The van der Waals surface area contributed by atoms with Gasteiger partial charge in [-0.05, 0) is 24.6 Å². The first kappa shape index (κ1) is 14.8. The molecule has 5 aromatic rings. The van der Waals surface area contributed by atoms with Crippen LogP contribution in [0.25, 0.3) is 28.1 Å². The molecular formula is C20H16N6. The second-order valence-corrected chi connectivity index (χ2v) is 6.21. The highest BCUT2D eigenvalue weighted by Gasteiger charge is 2.13. The summed E-state index contributed by atoms with van der Waals surface area (Å²) in [5, 5.41) is 0. The number of nitrogens with zero attached hydrogens (tertiary/aromatic N) is 6. The quantitative estimate of drug-likeness (QED) is 0.504. The van der Waals surface area contributed by atoms with Crippen molar-refractivity contribution < 1.29 is 0 Å². The van der Waals surface area contributed by atoms with Gasteiger partial charge in [0.1, 0.15) is 17.7 Å². The van der Waals surface area contributed by atoms with Crippen molar-refractivity contribution in [3.05, 3.63) is 78.5 Å². The normalized spacial score (nSPS) is 11.4. The summed E-state index contributed by atoms with van der Waals surface area (Å²) in [6, 6.07) is 18.3. The van der Waals surface area contributed by atoms with Gasteiger partial charge in [-0.25, -0.2) is 15.0 Å². The third-order valence-corrected chi connectivity index (χ3v) is 4.52. The van der Waals surface area contributed by atoms with Gasteiger partial charge in [0.25, 0.3) is 0 Å². The van der Waals surface area contributed by atoms with Gasteiger partial charge in [-0.15, -0.1) is 0 Å². The topological polar surface area (TPSA) is 61.4 Å². The molecule has 6 heteroatoms. The average Bonchev–Trinajstić information content (AvgIpc) is 3.24. The van der Waals surface area contributed by atoms with Crippen molar-refractivity contribution in [2.45, 2.75) is 13.5 Å². The van der Waals surface area contributed by atoms with Crippen molar-refractivity contribution in [3.63, 3.8) is 0 Å². The lowest BCUT2D eigenvalue weighted by Crippen LogP contribution is -2.05. The van der Waals surface area contributed by atoms with Gasteiger partial charge in [-0.2, -0.15) is 4.98 Å². The number of aromatic nitrogens is 6. The van der Waals surface area contributed by atoms with Crippen LogP contribution >= 0.6 is 0 Å². The second kappa shape index (κ2) is 5.77. The van der Waals surface area contributed by atoms with E-state index in [2.05, 4.69) is 31.7 Å². The largest absolute Gasteiger partial charge is 0.308 e. The lowest BCUT2D eigenvalue weighted by Gasteiger charge is -2.07. The SMILES string of the molecule is Cc1nc2cnc(-n3cnc4ccccc43)nc2n1Cc1ccccc1. The number of hydrogen-bond acceptors (Lipinski definition) is 4. The number of rotatable bonds is 3. The lowest BCUT2D eigenvalue weighted by molar-refractivity contribution is 0.774. The van der Waals surface area contributed by atoms with Crippen LogP contribution in [0.1, 0.15) is 11.4 Å². The van der Waals surface area contributed by atoms with Gasteiger partial charge in [0.15, 0.2) is 5.65 Å². The monoisotopic (exact) mass is 340 g/mol. The van der Waals surface area contributed by atoms with Crippen LogP contribution in [-0.4, -0.2) is 29.1 Å². The third kappa shape index (κ3) is 2.35. The summed E-state index contributed by atoms with van der Waals surface area (Å²) in [5.74, 6) is 1.52. The molecular weight excluding hydrogens is 324 g/mol. The fourth-order valence-corrected chi connectivity index (χ4v) is 3.21. The fraction of sp³-hybridized carbons (Fsp3) is 0.100. The Hall–Kier alpha value is -3.54. The van der Waals surface area contributed by atoms with E-state index >= 15 is 0 Å². The van der Waals surface area contributed by atoms with Gasteiger partial charge in [0, 0.05) is 0 Å². The number of fused-ring (bicyclic) bond motifs is 2. The molecule has 0 fully saturated rings. The molecule has 5 rings (SSSR count). The molecule has 3 heterocycles. The molecule has 0 atom stereocenters. The zero-order chi connectivity index (χ0) is 17.5. The first-order valence-electron chi connectivity index (χ1n) is 8.46. The van der Waals surface area contributed by atoms with Crippen LogP contribution in [0.3, 0.4) is 0 Å². The Balaban J connectivity index is 1.66. The molecule has 0 bridgehead atoms. The minimum atomic E-state index is 0.598. The maximum atomic E-state index is 4.80. The van der Waals surface area contributed by atoms with Crippen LogP contribution in [0.5, 0.6) is 0 Å². The van der Waals surface area contributed by atoms with E-state index in [1.54, 1.807) is 12.5 Å². The summed E-state index contributed by atoms with van der Waals surface area (Å²) in [6.45, 7) is 2.72. The first-order chi connectivity index (χ1) is 12.8. The second-order valence-electron chi connectivity index (χ2n) is 6.21. The van der Waals surface area contributed by atoms with Gasteiger partial charge in [0.2, 0.25) is 5.95 Å². The molecule has 0 amide bonds. The lowest BCUT2D eigenvalue weighted by atomic mass is 10.2. The van der Waals surface area contributed by atoms with Gasteiger partial charge in [0.05, 0.1) is 23.8 Å². The maximum absolute atomic E-state index is 4.80. The summed E-state index contributed by atoms with van der Waals surface area (Å²) >= 11 is 0. The molecule has 0 aliphatic carbocycles. The number of hydrogen-bond donors (Lipinski definition) is 0. The Morgan fingerprint density at radius 1 is 0.846 bits per heavy atom. The van der Waals surface area contributed by atoms with Gasteiger partial charge in [-0.1, -0.05) is 42.5 Å². The molecule has 0 saturated carbocycles. The van der Waals surface area contributed by atoms with Crippen molar-refractivity contribution >= 4 is 22.2 Å².